The topological polar surface area (TPSA) is 42.1 Å². The molecule has 0 saturated heterocycles. The Hall–Kier alpha value is -2.29. The molecule has 2 N–H and O–H groups in total. The number of rotatable bonds is 1. The first-order chi connectivity index (χ1) is 8.63. The van der Waals surface area contributed by atoms with Gasteiger partial charge in [-0.1, -0.05) is 6.07 Å². The van der Waals surface area contributed by atoms with Crippen molar-refractivity contribution in [2.45, 2.75) is 0 Å². The van der Waals surface area contributed by atoms with Crippen LogP contribution in [-0.2, 0) is 0 Å². The van der Waals surface area contributed by atoms with E-state index in [0.29, 0.717) is 0 Å². The first-order valence-corrected chi connectivity index (χ1v) is 5.91. The summed E-state index contributed by atoms with van der Waals surface area (Å²) in [6.07, 6.45) is 0. The van der Waals surface area contributed by atoms with Gasteiger partial charge in [-0.05, 0) is 36.4 Å². The fourth-order valence-electron chi connectivity index (χ4n) is 2.12. The number of nitrogens with two attached hydrogens (primary N) is 1. The fraction of sp³-hybridized carbons (Fsp3) is 0.133. The van der Waals surface area contributed by atoms with Crippen molar-refractivity contribution in [2.75, 3.05) is 24.7 Å². The van der Waals surface area contributed by atoms with Gasteiger partial charge in [0.05, 0.1) is 11.0 Å². The van der Waals surface area contributed by atoms with Crippen LogP contribution in [0.5, 0.6) is 0 Å². The smallest absolute Gasteiger partial charge is 0.0730 e. The summed E-state index contributed by atoms with van der Waals surface area (Å²) in [7, 11) is 4.06. The Kier molecular flexibility index (Phi) is 2.33. The van der Waals surface area contributed by atoms with Gasteiger partial charge < -0.3 is 10.6 Å². The number of benzene rings is 2. The molecule has 0 saturated carbocycles. The lowest BCUT2D eigenvalue weighted by Crippen LogP contribution is -2.08. The second-order valence-corrected chi connectivity index (χ2v) is 4.71. The first kappa shape index (κ1) is 10.8. The van der Waals surface area contributed by atoms with E-state index in [1.54, 1.807) is 0 Å². The molecule has 0 amide bonds. The van der Waals surface area contributed by atoms with E-state index < -0.39 is 0 Å². The van der Waals surface area contributed by atoms with Crippen LogP contribution in [0.15, 0.2) is 42.5 Å². The number of nitrogens with zero attached hydrogens (tertiary/aromatic N) is 2. The van der Waals surface area contributed by atoms with E-state index in [1.807, 2.05) is 32.3 Å². The maximum atomic E-state index is 5.80. The lowest BCUT2D eigenvalue weighted by Gasteiger charge is -2.13. The van der Waals surface area contributed by atoms with Crippen molar-refractivity contribution in [1.29, 1.82) is 0 Å². The summed E-state index contributed by atoms with van der Waals surface area (Å²) in [6, 6.07) is 14.2. The predicted octanol–water partition coefficient (Wildman–Crippen LogP) is 3.04. The number of fused-ring (bicyclic) bond motifs is 2. The van der Waals surface area contributed by atoms with Crippen molar-refractivity contribution in [3.05, 3.63) is 42.5 Å². The van der Waals surface area contributed by atoms with Crippen LogP contribution in [0, 0.1) is 0 Å². The Morgan fingerprint density at radius 2 is 1.72 bits per heavy atom. The molecule has 0 bridgehead atoms. The Bertz CT molecular complexity index is 732. The summed E-state index contributed by atoms with van der Waals surface area (Å²) < 4.78 is 0. The average molecular weight is 237 g/mol. The molecule has 0 aliphatic heterocycles. The van der Waals surface area contributed by atoms with Gasteiger partial charge in [-0.3, -0.25) is 0 Å². The highest BCUT2D eigenvalue weighted by Gasteiger charge is 2.02. The van der Waals surface area contributed by atoms with Gasteiger partial charge in [0.25, 0.3) is 0 Å². The van der Waals surface area contributed by atoms with Crippen LogP contribution in [0.2, 0.25) is 0 Å². The lowest BCUT2D eigenvalue weighted by molar-refractivity contribution is 1.13. The fourth-order valence-corrected chi connectivity index (χ4v) is 2.12. The third-order valence-electron chi connectivity index (χ3n) is 3.13. The van der Waals surface area contributed by atoms with Gasteiger partial charge in [0.2, 0.25) is 0 Å². The Labute approximate surface area is 106 Å². The molecule has 90 valence electrons. The van der Waals surface area contributed by atoms with Crippen molar-refractivity contribution in [3.63, 3.8) is 0 Å². The van der Waals surface area contributed by atoms with Crippen molar-refractivity contribution >= 4 is 33.2 Å². The van der Waals surface area contributed by atoms with E-state index in [4.69, 9.17) is 5.73 Å². The van der Waals surface area contributed by atoms with Crippen molar-refractivity contribution in [3.8, 4) is 0 Å². The molecule has 0 atom stereocenters. The van der Waals surface area contributed by atoms with Crippen LogP contribution in [0.25, 0.3) is 21.8 Å². The Balaban J connectivity index is 2.31. The normalized spacial score (nSPS) is 11.0. The second kappa shape index (κ2) is 3.88. The number of hydrogen-bond donors (Lipinski definition) is 1. The quantitative estimate of drug-likeness (QED) is 0.522. The van der Waals surface area contributed by atoms with Gasteiger partial charge in [0, 0.05) is 36.2 Å². The number of aromatic nitrogens is 1. The molecule has 0 spiro atoms. The van der Waals surface area contributed by atoms with Gasteiger partial charge in [-0.25, -0.2) is 4.98 Å². The third kappa shape index (κ3) is 1.74. The molecule has 0 radical (unpaired) electrons. The monoisotopic (exact) mass is 237 g/mol. The molecule has 3 aromatic rings. The second-order valence-electron chi connectivity index (χ2n) is 4.71. The molecule has 0 fully saturated rings. The van der Waals surface area contributed by atoms with Gasteiger partial charge in [0.1, 0.15) is 0 Å². The Morgan fingerprint density at radius 3 is 2.50 bits per heavy atom. The van der Waals surface area contributed by atoms with Gasteiger partial charge in [-0.2, -0.15) is 0 Å². The van der Waals surface area contributed by atoms with Crippen molar-refractivity contribution in [1.82, 2.24) is 4.98 Å². The summed E-state index contributed by atoms with van der Waals surface area (Å²) in [5.74, 6) is 0. The van der Waals surface area contributed by atoms with Crippen LogP contribution in [0.4, 0.5) is 11.4 Å². The van der Waals surface area contributed by atoms with Crippen LogP contribution in [0.1, 0.15) is 0 Å². The van der Waals surface area contributed by atoms with E-state index >= 15 is 0 Å². The molecule has 3 nitrogen and oxygen atoms in total. The van der Waals surface area contributed by atoms with Gasteiger partial charge >= 0.3 is 0 Å². The van der Waals surface area contributed by atoms with Crippen molar-refractivity contribution < 1.29 is 0 Å². The first-order valence-electron chi connectivity index (χ1n) is 5.91. The average Bonchev–Trinajstić information content (AvgIpc) is 2.35. The molecule has 0 unspecified atom stereocenters. The minimum Gasteiger partial charge on any atom is -0.399 e. The molecule has 0 aliphatic rings. The number of anilines is 2. The Morgan fingerprint density at radius 1 is 0.889 bits per heavy atom. The molecule has 1 aromatic heterocycles. The molecular weight excluding hydrogens is 222 g/mol. The zero-order valence-electron chi connectivity index (χ0n) is 10.5. The summed E-state index contributed by atoms with van der Waals surface area (Å²) in [4.78, 5) is 6.76. The summed E-state index contributed by atoms with van der Waals surface area (Å²) >= 11 is 0. The maximum absolute atomic E-state index is 5.80. The maximum Gasteiger partial charge on any atom is 0.0730 e. The SMILES string of the molecule is CN(C)c1ccc2cc3cc(N)ccc3nc2c1. The predicted molar refractivity (Wildman–Crippen MR) is 78.0 cm³/mol. The van der Waals surface area contributed by atoms with Gasteiger partial charge in [-0.15, -0.1) is 0 Å². The van der Waals surface area contributed by atoms with Crippen LogP contribution in [-0.4, -0.2) is 19.1 Å². The molecule has 2 aromatic carbocycles. The molecular formula is C15H15N3. The highest BCUT2D eigenvalue weighted by molar-refractivity contribution is 5.95. The molecule has 3 heteroatoms. The minimum atomic E-state index is 0.772. The summed E-state index contributed by atoms with van der Waals surface area (Å²) in [6.45, 7) is 0. The zero-order valence-corrected chi connectivity index (χ0v) is 10.5. The van der Waals surface area contributed by atoms with E-state index in [2.05, 4.69) is 34.1 Å². The summed E-state index contributed by atoms with van der Waals surface area (Å²) in [5.41, 5.74) is 9.72. The van der Waals surface area contributed by atoms with E-state index in [9.17, 15) is 0 Å². The molecule has 0 aliphatic carbocycles. The number of hydrogen-bond acceptors (Lipinski definition) is 3. The van der Waals surface area contributed by atoms with Gasteiger partial charge in [0.15, 0.2) is 0 Å². The zero-order chi connectivity index (χ0) is 12.7. The highest BCUT2D eigenvalue weighted by atomic mass is 15.1. The number of nitrogen functional groups attached to an aromatic ring is 1. The standard InChI is InChI=1S/C15H15N3/c1-18(2)13-5-3-10-7-11-8-12(16)4-6-14(11)17-15(10)9-13/h3-9H,16H2,1-2H3. The highest BCUT2D eigenvalue weighted by Crippen LogP contribution is 2.24. The minimum absolute atomic E-state index is 0.772. The van der Waals surface area contributed by atoms with Crippen LogP contribution in [0.3, 0.4) is 0 Å². The summed E-state index contributed by atoms with van der Waals surface area (Å²) in [5, 5.41) is 2.22. The molecule has 1 heterocycles. The molecule has 3 rings (SSSR count). The van der Waals surface area contributed by atoms with E-state index in [0.717, 1.165) is 33.2 Å². The largest absolute Gasteiger partial charge is 0.399 e. The molecule has 18 heavy (non-hydrogen) atoms. The lowest BCUT2D eigenvalue weighted by atomic mass is 10.1. The van der Waals surface area contributed by atoms with Crippen LogP contribution >= 0.6 is 0 Å². The number of pyridine rings is 1. The van der Waals surface area contributed by atoms with E-state index in [1.165, 1.54) is 0 Å². The van der Waals surface area contributed by atoms with Crippen LogP contribution < -0.4 is 10.6 Å². The van der Waals surface area contributed by atoms with Crippen molar-refractivity contribution in [2.24, 2.45) is 0 Å². The van der Waals surface area contributed by atoms with E-state index in [-0.39, 0.29) is 0 Å². The third-order valence-corrected chi connectivity index (χ3v) is 3.13.